The summed E-state index contributed by atoms with van der Waals surface area (Å²) >= 11 is 0. The summed E-state index contributed by atoms with van der Waals surface area (Å²) in [5, 5.41) is 23.5. The summed E-state index contributed by atoms with van der Waals surface area (Å²) in [6.45, 7) is 10.1. The third kappa shape index (κ3) is 9.01. The standard InChI is InChI=1S/C24H28N6O4.C22H24N6O4/c1-4-33-23(31)21-17-7-5-15-14-25-24(27-20(15)22(17)34-28-21)26-18-8-6-16(13-19(18)32-3)30-11-9-29(2)10-12-30;1-27-7-9-28(10-8-27)14-4-6-16(17(11-14)31-2)24-22-23-12-13-3-5-15-19(21(29)30)26-32-20(15)18(13)25-22/h6,8,13-14H,4-5,7,9-12H2,1-3H3,(H,25,26,27);4,6,11-12H,3,5,7-10H2,1-2H3,(H,29,30)(H,23,24,25). The number of benzene rings is 2. The molecule has 2 fully saturated rings. The van der Waals surface area contributed by atoms with Gasteiger partial charge in [-0.1, -0.05) is 10.3 Å². The predicted molar refractivity (Wildman–Crippen MR) is 245 cm³/mol. The van der Waals surface area contributed by atoms with E-state index in [-0.39, 0.29) is 18.0 Å². The van der Waals surface area contributed by atoms with Crippen molar-refractivity contribution < 1.29 is 38.0 Å². The Balaban J connectivity index is 0.000000166. The van der Waals surface area contributed by atoms with Crippen LogP contribution in [0.2, 0.25) is 0 Å². The van der Waals surface area contributed by atoms with Gasteiger partial charge in [0.1, 0.15) is 22.9 Å². The van der Waals surface area contributed by atoms with Gasteiger partial charge in [-0.15, -0.1) is 0 Å². The second kappa shape index (κ2) is 19.0. The summed E-state index contributed by atoms with van der Waals surface area (Å²) in [5.74, 6) is 1.49. The number of methoxy groups -OCH3 is 2. The fraction of sp³-hybridized carbons (Fsp3) is 0.391. The van der Waals surface area contributed by atoms with E-state index in [4.69, 9.17) is 23.3 Å². The van der Waals surface area contributed by atoms with E-state index >= 15 is 0 Å². The number of likely N-dealkylation sites (N-methyl/N-ethyl adjacent to an activating group) is 2. The molecule has 66 heavy (non-hydrogen) atoms. The number of piperazine rings is 2. The van der Waals surface area contributed by atoms with Gasteiger partial charge in [0.05, 0.1) is 32.2 Å². The first-order valence-corrected chi connectivity index (χ1v) is 22.0. The smallest absolute Gasteiger partial charge is 0.360 e. The number of carboxylic acid groups (broad SMARTS) is 1. The molecule has 4 aliphatic rings. The van der Waals surface area contributed by atoms with Crippen LogP contribution in [0.25, 0.3) is 22.9 Å². The van der Waals surface area contributed by atoms with E-state index in [9.17, 15) is 14.7 Å². The van der Waals surface area contributed by atoms with Gasteiger partial charge >= 0.3 is 11.9 Å². The summed E-state index contributed by atoms with van der Waals surface area (Å²) in [7, 11) is 7.56. The number of nitrogens with zero attached hydrogens (tertiary/aromatic N) is 10. The summed E-state index contributed by atoms with van der Waals surface area (Å²) in [4.78, 5) is 51.1. The van der Waals surface area contributed by atoms with Crippen LogP contribution in [0, 0.1) is 0 Å². The second-order valence-electron chi connectivity index (χ2n) is 16.4. The lowest BCUT2D eigenvalue weighted by molar-refractivity contribution is 0.0513. The molecular formula is C46H52N12O8. The van der Waals surface area contributed by atoms with Crippen molar-refractivity contribution in [3.63, 3.8) is 0 Å². The SMILES string of the molecule is CCOC(=O)c1noc2c1CCc1cnc(Nc3ccc(N4CCN(C)CC4)cc3OC)nc1-2.COc1cc(N2CCN(C)CC2)ccc1Nc1ncc2c(n1)-c1onc(C(=O)O)c1CC2. The molecule has 20 heteroatoms. The first-order chi connectivity index (χ1) is 32.1. The third-order valence-electron chi connectivity index (χ3n) is 12.3. The number of rotatable bonds is 11. The van der Waals surface area contributed by atoms with E-state index in [2.05, 4.69) is 86.7 Å². The molecule has 0 bridgehead atoms. The van der Waals surface area contributed by atoms with Gasteiger partial charge < -0.3 is 58.6 Å². The van der Waals surface area contributed by atoms with Gasteiger partial charge in [-0.2, -0.15) is 0 Å². The number of carbonyl (C=O) groups excluding carboxylic acids is 1. The van der Waals surface area contributed by atoms with Crippen LogP contribution in [-0.4, -0.2) is 144 Å². The van der Waals surface area contributed by atoms with E-state index in [1.165, 1.54) is 0 Å². The first-order valence-electron chi connectivity index (χ1n) is 22.0. The van der Waals surface area contributed by atoms with E-state index < -0.39 is 11.9 Å². The normalized spacial score (nSPS) is 15.6. The van der Waals surface area contributed by atoms with E-state index in [0.29, 0.717) is 77.6 Å². The van der Waals surface area contributed by atoms with Crippen LogP contribution < -0.4 is 29.9 Å². The lowest BCUT2D eigenvalue weighted by Gasteiger charge is -2.34. The molecule has 0 atom stereocenters. The van der Waals surface area contributed by atoms with E-state index in [0.717, 1.165) is 91.8 Å². The first kappa shape index (κ1) is 43.9. The number of hydrogen-bond donors (Lipinski definition) is 3. The number of carbonyl (C=O) groups is 2. The fourth-order valence-corrected chi connectivity index (χ4v) is 8.52. The Kier molecular flexibility index (Phi) is 12.7. The highest BCUT2D eigenvalue weighted by atomic mass is 16.5. The van der Waals surface area contributed by atoms with Crippen molar-refractivity contribution in [1.29, 1.82) is 0 Å². The highest BCUT2D eigenvalue weighted by Crippen LogP contribution is 2.38. The molecule has 2 saturated heterocycles. The van der Waals surface area contributed by atoms with Gasteiger partial charge in [-0.05, 0) is 71.0 Å². The molecule has 0 unspecified atom stereocenters. The zero-order valence-corrected chi connectivity index (χ0v) is 37.6. The van der Waals surface area contributed by atoms with Crippen molar-refractivity contribution in [2.45, 2.75) is 32.6 Å². The molecule has 344 valence electrons. The van der Waals surface area contributed by atoms with E-state index in [1.54, 1.807) is 33.5 Å². The molecule has 3 N–H and O–H groups in total. The average molecular weight is 901 g/mol. The minimum Gasteiger partial charge on any atom is -0.494 e. The van der Waals surface area contributed by atoms with Crippen LogP contribution in [0.4, 0.5) is 34.6 Å². The van der Waals surface area contributed by atoms with Crippen LogP contribution in [0.3, 0.4) is 0 Å². The number of esters is 1. The molecule has 0 radical (unpaired) electrons. The summed E-state index contributed by atoms with van der Waals surface area (Å²) in [5.41, 5.74) is 8.25. The van der Waals surface area contributed by atoms with Crippen molar-refractivity contribution in [3.8, 4) is 34.4 Å². The fourth-order valence-electron chi connectivity index (χ4n) is 8.52. The van der Waals surface area contributed by atoms with Gasteiger partial charge in [-0.25, -0.2) is 29.5 Å². The number of anilines is 6. The van der Waals surface area contributed by atoms with Gasteiger partial charge in [-0.3, -0.25) is 0 Å². The van der Waals surface area contributed by atoms with E-state index in [1.807, 2.05) is 24.3 Å². The Bertz CT molecular complexity index is 2740. The molecule has 6 heterocycles. The van der Waals surface area contributed by atoms with Crippen molar-refractivity contribution in [2.75, 3.05) is 108 Å². The Labute approximate surface area is 380 Å². The molecule has 0 saturated carbocycles. The Hall–Kier alpha value is -7.32. The van der Waals surface area contributed by atoms with Gasteiger partial charge in [0.2, 0.25) is 11.9 Å². The van der Waals surface area contributed by atoms with Crippen molar-refractivity contribution in [1.82, 2.24) is 40.0 Å². The Morgan fingerprint density at radius 2 is 1.12 bits per heavy atom. The highest BCUT2D eigenvalue weighted by molar-refractivity contribution is 5.91. The maximum Gasteiger partial charge on any atom is 0.360 e. The molecule has 2 aliphatic heterocycles. The highest BCUT2D eigenvalue weighted by Gasteiger charge is 2.31. The molecule has 0 spiro atoms. The van der Waals surface area contributed by atoms with Gasteiger partial charge in [0.15, 0.2) is 22.9 Å². The zero-order valence-electron chi connectivity index (χ0n) is 37.6. The van der Waals surface area contributed by atoms with Crippen molar-refractivity contribution in [3.05, 3.63) is 82.4 Å². The number of ether oxygens (including phenoxy) is 3. The van der Waals surface area contributed by atoms with Gasteiger partial charge in [0.25, 0.3) is 0 Å². The summed E-state index contributed by atoms with van der Waals surface area (Å²) < 4.78 is 27.2. The quantitative estimate of drug-likeness (QED) is 0.140. The average Bonchev–Trinajstić information content (AvgIpc) is 3.99. The van der Waals surface area contributed by atoms with Crippen LogP contribution >= 0.6 is 0 Å². The molecule has 0 amide bonds. The lowest BCUT2D eigenvalue weighted by atomic mass is 9.94. The summed E-state index contributed by atoms with van der Waals surface area (Å²) in [6.07, 6.45) is 6.00. The molecular weight excluding hydrogens is 849 g/mol. The minimum atomic E-state index is -1.10. The maximum atomic E-state index is 12.2. The number of hydrogen-bond acceptors (Lipinski definition) is 19. The van der Waals surface area contributed by atoms with Crippen molar-refractivity contribution >= 4 is 46.6 Å². The molecule has 2 aromatic carbocycles. The third-order valence-corrected chi connectivity index (χ3v) is 12.3. The second-order valence-corrected chi connectivity index (χ2v) is 16.4. The Morgan fingerprint density at radius 1 is 0.667 bits per heavy atom. The molecule has 6 aromatic rings. The number of aromatic nitrogens is 6. The molecule has 2 aliphatic carbocycles. The monoisotopic (exact) mass is 900 g/mol. The predicted octanol–water partition coefficient (Wildman–Crippen LogP) is 5.34. The topological polar surface area (TPSA) is 223 Å². The molecule has 20 nitrogen and oxygen atoms in total. The number of nitrogens with one attached hydrogen (secondary N) is 2. The van der Waals surface area contributed by atoms with Crippen molar-refractivity contribution in [2.24, 2.45) is 0 Å². The van der Waals surface area contributed by atoms with Gasteiger partial charge in [0, 0.05) is 111 Å². The summed E-state index contributed by atoms with van der Waals surface area (Å²) in [6, 6.07) is 12.1. The Morgan fingerprint density at radius 3 is 1.56 bits per heavy atom. The number of aromatic carboxylic acids is 1. The zero-order chi connectivity index (χ0) is 45.9. The largest absolute Gasteiger partial charge is 0.494 e. The minimum absolute atomic E-state index is 0.0556. The molecule has 10 rings (SSSR count). The lowest BCUT2D eigenvalue weighted by Crippen LogP contribution is -2.44. The van der Waals surface area contributed by atoms with Crippen LogP contribution in [-0.2, 0) is 30.4 Å². The van der Waals surface area contributed by atoms with Crippen LogP contribution in [0.1, 0.15) is 50.2 Å². The number of carboxylic acids is 1. The maximum absolute atomic E-state index is 12.2. The van der Waals surface area contributed by atoms with Crippen LogP contribution in [0.5, 0.6) is 11.5 Å². The number of fused-ring (bicyclic) bond motifs is 6. The number of aryl methyl sites for hydroxylation is 2. The van der Waals surface area contributed by atoms with Crippen LogP contribution in [0.15, 0.2) is 57.8 Å². The molecule has 4 aromatic heterocycles.